The molecule has 3 rings (SSSR count). The van der Waals surface area contributed by atoms with Crippen molar-refractivity contribution in [2.75, 3.05) is 24.7 Å². The Kier molecular flexibility index (Phi) is 3.50. The molecule has 2 N–H and O–H groups in total. The zero-order chi connectivity index (χ0) is 13.1. The number of hydrogen-bond acceptors (Lipinski definition) is 5. The molecule has 0 saturated carbocycles. The van der Waals surface area contributed by atoms with Crippen LogP contribution in [0.25, 0.3) is 0 Å². The van der Waals surface area contributed by atoms with E-state index < -0.39 is 0 Å². The minimum atomic E-state index is 0.619. The van der Waals surface area contributed by atoms with Gasteiger partial charge in [0, 0.05) is 16.8 Å². The van der Waals surface area contributed by atoms with Crippen LogP contribution in [0.3, 0.4) is 0 Å². The topological polar surface area (TPSA) is 62.3 Å². The summed E-state index contributed by atoms with van der Waals surface area (Å²) in [5.74, 6) is 2.59. The third kappa shape index (κ3) is 2.96. The monoisotopic (exact) mass is 277 g/mol. The lowest BCUT2D eigenvalue weighted by molar-refractivity contribution is 0.171. The van der Waals surface area contributed by atoms with Crippen LogP contribution in [-0.2, 0) is 6.54 Å². The second-order valence-electron chi connectivity index (χ2n) is 4.19. The molecule has 2 heterocycles. The van der Waals surface area contributed by atoms with Crippen molar-refractivity contribution in [1.82, 2.24) is 9.78 Å². The smallest absolute Gasteiger partial charge is 0.162 e. The van der Waals surface area contributed by atoms with Crippen LogP contribution in [0, 0.1) is 0 Å². The number of anilines is 1. The average molecular weight is 277 g/mol. The van der Waals surface area contributed by atoms with Crippen LogP contribution in [0.4, 0.5) is 5.69 Å². The van der Waals surface area contributed by atoms with Crippen molar-refractivity contribution in [2.45, 2.75) is 11.4 Å². The van der Waals surface area contributed by atoms with Crippen molar-refractivity contribution in [1.29, 1.82) is 0 Å². The Balaban J connectivity index is 1.58. The molecule has 0 radical (unpaired) electrons. The molecule has 0 saturated heterocycles. The third-order valence-electron chi connectivity index (χ3n) is 2.76. The van der Waals surface area contributed by atoms with Gasteiger partial charge in [0.2, 0.25) is 0 Å². The van der Waals surface area contributed by atoms with Crippen molar-refractivity contribution in [2.24, 2.45) is 0 Å². The highest BCUT2D eigenvalue weighted by atomic mass is 32.2. The first-order valence-corrected chi connectivity index (χ1v) is 7.10. The molecule has 0 spiro atoms. The Hall–Kier alpha value is -1.82. The van der Waals surface area contributed by atoms with Crippen molar-refractivity contribution in [3.8, 4) is 11.5 Å². The van der Waals surface area contributed by atoms with Crippen LogP contribution in [0.1, 0.15) is 0 Å². The quantitative estimate of drug-likeness (QED) is 0.866. The normalized spacial score (nSPS) is 13.5. The molecule has 0 amide bonds. The minimum absolute atomic E-state index is 0.619. The Morgan fingerprint density at radius 3 is 2.89 bits per heavy atom. The van der Waals surface area contributed by atoms with E-state index >= 15 is 0 Å². The molecular formula is C13H15N3O2S. The Morgan fingerprint density at radius 2 is 2.11 bits per heavy atom. The number of nitrogens with two attached hydrogens (primary N) is 1. The number of fused-ring (bicyclic) bond motifs is 1. The molecule has 0 aliphatic carbocycles. The van der Waals surface area contributed by atoms with Gasteiger partial charge in [0.15, 0.2) is 11.5 Å². The van der Waals surface area contributed by atoms with Crippen molar-refractivity contribution < 1.29 is 9.47 Å². The van der Waals surface area contributed by atoms with Crippen LogP contribution in [0.15, 0.2) is 35.5 Å². The molecule has 1 aliphatic heterocycles. The van der Waals surface area contributed by atoms with Gasteiger partial charge in [-0.1, -0.05) is 0 Å². The summed E-state index contributed by atoms with van der Waals surface area (Å²) >= 11 is 1.76. The molecule has 0 bridgehead atoms. The largest absolute Gasteiger partial charge is 0.486 e. The molecule has 1 aromatic carbocycles. The number of rotatable bonds is 4. The third-order valence-corrected chi connectivity index (χ3v) is 3.73. The van der Waals surface area contributed by atoms with Crippen LogP contribution in [-0.4, -0.2) is 28.7 Å². The number of nitrogens with zero attached hydrogens (tertiary/aromatic N) is 2. The van der Waals surface area contributed by atoms with Gasteiger partial charge in [0.1, 0.15) is 13.2 Å². The summed E-state index contributed by atoms with van der Waals surface area (Å²) in [5.41, 5.74) is 6.32. The summed E-state index contributed by atoms with van der Waals surface area (Å²) < 4.78 is 12.9. The lowest BCUT2D eigenvalue weighted by Crippen LogP contribution is -2.15. The van der Waals surface area contributed by atoms with Gasteiger partial charge >= 0.3 is 0 Å². The van der Waals surface area contributed by atoms with E-state index in [4.69, 9.17) is 15.2 Å². The summed E-state index contributed by atoms with van der Waals surface area (Å²) in [7, 11) is 0. The van der Waals surface area contributed by atoms with E-state index in [0.29, 0.717) is 18.9 Å². The Labute approximate surface area is 115 Å². The number of benzene rings is 1. The predicted octanol–water partition coefficient (Wildman–Crippen LogP) is 2.03. The lowest BCUT2D eigenvalue weighted by Gasteiger charge is -2.18. The fourth-order valence-corrected chi connectivity index (χ4v) is 2.74. The summed E-state index contributed by atoms with van der Waals surface area (Å²) in [6.07, 6.45) is 3.50. The highest BCUT2D eigenvalue weighted by Gasteiger charge is 2.11. The highest BCUT2D eigenvalue weighted by molar-refractivity contribution is 7.99. The summed E-state index contributed by atoms with van der Waals surface area (Å²) in [5, 5.41) is 4.15. The maximum absolute atomic E-state index is 5.62. The zero-order valence-corrected chi connectivity index (χ0v) is 11.2. The van der Waals surface area contributed by atoms with E-state index in [-0.39, 0.29) is 0 Å². The van der Waals surface area contributed by atoms with Crippen LogP contribution in [0.2, 0.25) is 0 Å². The molecule has 0 atom stereocenters. The maximum atomic E-state index is 5.62. The van der Waals surface area contributed by atoms with Crippen LogP contribution < -0.4 is 15.2 Å². The standard InChI is InChI=1S/C13H15N3O2S/c14-10-8-15-16(9-10)3-6-19-11-1-2-12-13(7-11)18-5-4-17-12/h1-2,7-9H,3-6,14H2. The van der Waals surface area contributed by atoms with Gasteiger partial charge in [0.25, 0.3) is 0 Å². The fourth-order valence-electron chi connectivity index (χ4n) is 1.87. The minimum Gasteiger partial charge on any atom is -0.486 e. The van der Waals surface area contributed by atoms with E-state index in [1.54, 1.807) is 18.0 Å². The highest BCUT2D eigenvalue weighted by Crippen LogP contribution is 2.34. The zero-order valence-electron chi connectivity index (χ0n) is 10.4. The van der Waals surface area contributed by atoms with Crippen molar-refractivity contribution >= 4 is 17.4 Å². The summed E-state index contributed by atoms with van der Waals surface area (Å²) in [6.45, 7) is 2.07. The Bertz CT molecular complexity index is 571. The van der Waals surface area contributed by atoms with Gasteiger partial charge < -0.3 is 15.2 Å². The summed E-state index contributed by atoms with van der Waals surface area (Å²) in [6, 6.07) is 6.04. The molecule has 5 nitrogen and oxygen atoms in total. The second-order valence-corrected chi connectivity index (χ2v) is 5.36. The fraction of sp³-hybridized carbons (Fsp3) is 0.308. The number of aryl methyl sites for hydroxylation is 1. The average Bonchev–Trinajstić information content (AvgIpc) is 2.84. The SMILES string of the molecule is Nc1cnn(CCSc2ccc3c(c2)OCCO3)c1. The van der Waals surface area contributed by atoms with Gasteiger partial charge in [-0.05, 0) is 18.2 Å². The molecule has 2 aromatic rings. The van der Waals surface area contributed by atoms with E-state index in [1.807, 2.05) is 23.0 Å². The number of ether oxygens (including phenoxy) is 2. The second kappa shape index (κ2) is 5.44. The van der Waals surface area contributed by atoms with Crippen LogP contribution in [0.5, 0.6) is 11.5 Å². The molecule has 1 aliphatic rings. The van der Waals surface area contributed by atoms with E-state index in [0.717, 1.165) is 23.8 Å². The molecular weight excluding hydrogens is 262 g/mol. The first-order chi connectivity index (χ1) is 9.31. The molecule has 1 aromatic heterocycles. The first-order valence-electron chi connectivity index (χ1n) is 6.12. The van der Waals surface area contributed by atoms with Gasteiger partial charge in [-0.2, -0.15) is 5.10 Å². The number of nitrogen functional groups attached to an aromatic ring is 1. The molecule has 0 unspecified atom stereocenters. The van der Waals surface area contributed by atoms with Gasteiger partial charge in [-0.25, -0.2) is 0 Å². The number of aromatic nitrogens is 2. The summed E-state index contributed by atoms with van der Waals surface area (Å²) in [4.78, 5) is 1.17. The van der Waals surface area contributed by atoms with Gasteiger partial charge in [0.05, 0.1) is 18.4 Å². The van der Waals surface area contributed by atoms with E-state index in [9.17, 15) is 0 Å². The maximum Gasteiger partial charge on any atom is 0.162 e. The lowest BCUT2D eigenvalue weighted by atomic mass is 10.3. The Morgan fingerprint density at radius 1 is 1.26 bits per heavy atom. The molecule has 100 valence electrons. The predicted molar refractivity (Wildman–Crippen MR) is 74.8 cm³/mol. The van der Waals surface area contributed by atoms with Crippen molar-refractivity contribution in [3.05, 3.63) is 30.6 Å². The van der Waals surface area contributed by atoms with Gasteiger partial charge in [-0.15, -0.1) is 11.8 Å². The van der Waals surface area contributed by atoms with Crippen LogP contribution >= 0.6 is 11.8 Å². The van der Waals surface area contributed by atoms with Gasteiger partial charge in [-0.3, -0.25) is 4.68 Å². The molecule has 0 fully saturated rings. The van der Waals surface area contributed by atoms with E-state index in [1.165, 1.54) is 4.90 Å². The first kappa shape index (κ1) is 12.2. The molecule has 6 heteroatoms. The molecule has 19 heavy (non-hydrogen) atoms. The number of thioether (sulfide) groups is 1. The van der Waals surface area contributed by atoms with E-state index in [2.05, 4.69) is 11.2 Å². The van der Waals surface area contributed by atoms with Crippen molar-refractivity contribution in [3.63, 3.8) is 0 Å². The number of hydrogen-bond donors (Lipinski definition) is 1.